The summed E-state index contributed by atoms with van der Waals surface area (Å²) in [7, 11) is 0. The molecule has 2 amide bonds. The SMILES string of the molecule is CC1CCc2c(sc(NC(=O)c3c(F)cccc3Cl)c2C(N)=O)C1. The summed E-state index contributed by atoms with van der Waals surface area (Å²) in [6.07, 6.45) is 2.56. The fourth-order valence-corrected chi connectivity index (χ4v) is 4.64. The molecule has 3 rings (SSSR count). The van der Waals surface area contributed by atoms with Crippen LogP contribution in [0.3, 0.4) is 0 Å². The molecule has 0 bridgehead atoms. The molecular weight excluding hydrogens is 351 g/mol. The average molecular weight is 367 g/mol. The maximum Gasteiger partial charge on any atom is 0.260 e. The Kier molecular flexibility index (Phi) is 4.60. The predicted octanol–water partition coefficient (Wildman–Crippen LogP) is 4.02. The van der Waals surface area contributed by atoms with Gasteiger partial charge in [-0.25, -0.2) is 4.39 Å². The van der Waals surface area contributed by atoms with Crippen LogP contribution in [0.4, 0.5) is 9.39 Å². The van der Waals surface area contributed by atoms with Crippen molar-refractivity contribution in [2.24, 2.45) is 11.7 Å². The molecule has 0 spiro atoms. The highest BCUT2D eigenvalue weighted by atomic mass is 35.5. The van der Waals surface area contributed by atoms with E-state index in [0.717, 1.165) is 35.8 Å². The highest BCUT2D eigenvalue weighted by Gasteiger charge is 2.28. The molecule has 2 aromatic rings. The lowest BCUT2D eigenvalue weighted by molar-refractivity contribution is 0.1000. The molecule has 7 heteroatoms. The largest absolute Gasteiger partial charge is 0.365 e. The normalized spacial score (nSPS) is 16.5. The van der Waals surface area contributed by atoms with E-state index in [9.17, 15) is 14.0 Å². The van der Waals surface area contributed by atoms with E-state index in [2.05, 4.69) is 12.2 Å². The molecule has 126 valence electrons. The number of hydrogen-bond acceptors (Lipinski definition) is 3. The smallest absolute Gasteiger partial charge is 0.260 e. The van der Waals surface area contributed by atoms with Gasteiger partial charge in [0.05, 0.1) is 16.1 Å². The summed E-state index contributed by atoms with van der Waals surface area (Å²) in [5.74, 6) is -1.47. The summed E-state index contributed by atoms with van der Waals surface area (Å²) < 4.78 is 13.9. The van der Waals surface area contributed by atoms with Crippen LogP contribution < -0.4 is 11.1 Å². The van der Waals surface area contributed by atoms with Crippen LogP contribution in [0.25, 0.3) is 0 Å². The van der Waals surface area contributed by atoms with E-state index in [4.69, 9.17) is 17.3 Å². The van der Waals surface area contributed by atoms with Crippen molar-refractivity contribution >= 4 is 39.8 Å². The lowest BCUT2D eigenvalue weighted by atomic mass is 9.88. The standard InChI is InChI=1S/C17H16ClFN2O2S/c1-8-5-6-9-12(7-8)24-17(13(9)15(20)22)21-16(23)14-10(18)3-2-4-11(14)19/h2-4,8H,5-7H2,1H3,(H2,20,22)(H,21,23). The number of primary amides is 1. The van der Waals surface area contributed by atoms with Crippen molar-refractivity contribution in [3.63, 3.8) is 0 Å². The first-order valence-electron chi connectivity index (χ1n) is 7.58. The predicted molar refractivity (Wildman–Crippen MR) is 93.4 cm³/mol. The molecule has 1 aliphatic rings. The number of nitrogens with one attached hydrogen (secondary N) is 1. The number of halogens is 2. The Morgan fingerprint density at radius 3 is 2.79 bits per heavy atom. The van der Waals surface area contributed by atoms with Crippen LogP contribution in [-0.2, 0) is 12.8 Å². The minimum Gasteiger partial charge on any atom is -0.365 e. The van der Waals surface area contributed by atoms with Crippen LogP contribution in [0.1, 0.15) is 44.5 Å². The van der Waals surface area contributed by atoms with E-state index >= 15 is 0 Å². The second-order valence-electron chi connectivity index (χ2n) is 5.97. The van der Waals surface area contributed by atoms with Crippen molar-refractivity contribution in [1.29, 1.82) is 0 Å². The molecule has 24 heavy (non-hydrogen) atoms. The van der Waals surface area contributed by atoms with E-state index in [1.807, 2.05) is 0 Å². The van der Waals surface area contributed by atoms with E-state index < -0.39 is 17.6 Å². The van der Waals surface area contributed by atoms with Crippen LogP contribution >= 0.6 is 22.9 Å². The Morgan fingerprint density at radius 2 is 2.12 bits per heavy atom. The van der Waals surface area contributed by atoms with Crippen molar-refractivity contribution in [2.45, 2.75) is 26.2 Å². The summed E-state index contributed by atoms with van der Waals surface area (Å²) in [5.41, 5.74) is 6.51. The van der Waals surface area contributed by atoms with Gasteiger partial charge in [-0.15, -0.1) is 11.3 Å². The lowest BCUT2D eigenvalue weighted by Gasteiger charge is -2.18. The van der Waals surface area contributed by atoms with Crippen molar-refractivity contribution in [3.8, 4) is 0 Å². The molecule has 0 saturated carbocycles. The maximum atomic E-state index is 13.9. The number of thiophene rings is 1. The zero-order valence-corrected chi connectivity index (χ0v) is 14.6. The molecule has 1 heterocycles. The topological polar surface area (TPSA) is 72.2 Å². The maximum absolute atomic E-state index is 13.9. The Balaban J connectivity index is 1.98. The summed E-state index contributed by atoms with van der Waals surface area (Å²) >= 11 is 7.25. The highest BCUT2D eigenvalue weighted by Crippen LogP contribution is 2.39. The van der Waals surface area contributed by atoms with E-state index in [1.54, 1.807) is 0 Å². The van der Waals surface area contributed by atoms with Gasteiger partial charge < -0.3 is 11.1 Å². The summed E-state index contributed by atoms with van der Waals surface area (Å²) in [4.78, 5) is 25.3. The van der Waals surface area contributed by atoms with E-state index in [-0.39, 0.29) is 10.6 Å². The summed E-state index contributed by atoms with van der Waals surface area (Å²) in [6.45, 7) is 2.14. The van der Waals surface area contributed by atoms with Crippen LogP contribution in [0.15, 0.2) is 18.2 Å². The number of hydrogen-bond donors (Lipinski definition) is 2. The Labute approximate surface area is 147 Å². The van der Waals surface area contributed by atoms with Crippen LogP contribution in [-0.4, -0.2) is 11.8 Å². The van der Waals surface area contributed by atoms with Gasteiger partial charge in [0.15, 0.2) is 0 Å². The third-order valence-corrected chi connectivity index (χ3v) is 5.66. The summed E-state index contributed by atoms with van der Waals surface area (Å²) in [6, 6.07) is 4.03. The van der Waals surface area contributed by atoms with Gasteiger partial charge in [0.2, 0.25) is 0 Å². The van der Waals surface area contributed by atoms with Crippen molar-refractivity contribution in [3.05, 3.63) is 50.6 Å². The number of carbonyl (C=O) groups excluding carboxylic acids is 2. The summed E-state index contributed by atoms with van der Waals surface area (Å²) in [5, 5.41) is 3.00. The monoisotopic (exact) mass is 366 g/mol. The number of nitrogens with two attached hydrogens (primary N) is 1. The first kappa shape index (κ1) is 16.9. The number of anilines is 1. The second-order valence-corrected chi connectivity index (χ2v) is 7.48. The second kappa shape index (κ2) is 6.53. The number of fused-ring (bicyclic) bond motifs is 1. The van der Waals surface area contributed by atoms with Gasteiger partial charge >= 0.3 is 0 Å². The first-order valence-corrected chi connectivity index (χ1v) is 8.77. The quantitative estimate of drug-likeness (QED) is 0.861. The molecule has 1 unspecified atom stereocenters. The van der Waals surface area contributed by atoms with Gasteiger partial charge in [0.25, 0.3) is 11.8 Å². The van der Waals surface area contributed by atoms with E-state index in [1.165, 1.54) is 23.5 Å². The number of rotatable bonds is 3. The van der Waals surface area contributed by atoms with Crippen LogP contribution in [0.2, 0.25) is 5.02 Å². The molecule has 0 saturated heterocycles. The molecule has 1 aromatic carbocycles. The van der Waals surface area contributed by atoms with Crippen molar-refractivity contribution < 1.29 is 14.0 Å². The zero-order chi connectivity index (χ0) is 17.4. The fraction of sp³-hybridized carbons (Fsp3) is 0.294. The van der Waals surface area contributed by atoms with Gasteiger partial charge in [-0.1, -0.05) is 24.6 Å². The molecule has 1 atom stereocenters. The van der Waals surface area contributed by atoms with Gasteiger partial charge in [0, 0.05) is 4.88 Å². The van der Waals surface area contributed by atoms with Crippen LogP contribution in [0.5, 0.6) is 0 Å². The number of amides is 2. The highest BCUT2D eigenvalue weighted by molar-refractivity contribution is 7.17. The molecule has 4 nitrogen and oxygen atoms in total. The molecule has 0 aliphatic heterocycles. The minimum absolute atomic E-state index is 0.0167. The van der Waals surface area contributed by atoms with Gasteiger partial charge in [0.1, 0.15) is 10.8 Å². The lowest BCUT2D eigenvalue weighted by Crippen LogP contribution is -2.20. The van der Waals surface area contributed by atoms with Crippen molar-refractivity contribution in [1.82, 2.24) is 0 Å². The Morgan fingerprint density at radius 1 is 1.38 bits per heavy atom. The minimum atomic E-state index is -0.712. The molecule has 0 fully saturated rings. The number of benzene rings is 1. The molecular formula is C17H16ClFN2O2S. The average Bonchev–Trinajstić information content (AvgIpc) is 2.83. The molecule has 1 aromatic heterocycles. The molecule has 0 radical (unpaired) electrons. The Bertz CT molecular complexity index is 814. The third kappa shape index (κ3) is 3.03. The number of carbonyl (C=O) groups is 2. The van der Waals surface area contributed by atoms with Crippen LogP contribution in [0, 0.1) is 11.7 Å². The first-order chi connectivity index (χ1) is 11.4. The fourth-order valence-electron chi connectivity index (χ4n) is 2.98. The van der Waals surface area contributed by atoms with Crippen molar-refractivity contribution in [2.75, 3.05) is 5.32 Å². The van der Waals surface area contributed by atoms with E-state index in [0.29, 0.717) is 16.5 Å². The third-order valence-electron chi connectivity index (χ3n) is 4.17. The van der Waals surface area contributed by atoms with Gasteiger partial charge in [-0.3, -0.25) is 9.59 Å². The van der Waals surface area contributed by atoms with Gasteiger partial charge in [-0.05, 0) is 42.9 Å². The molecule has 3 N–H and O–H groups in total. The Hall–Kier alpha value is -1.92. The van der Waals surface area contributed by atoms with Gasteiger partial charge in [-0.2, -0.15) is 0 Å². The molecule has 1 aliphatic carbocycles. The zero-order valence-electron chi connectivity index (χ0n) is 13.0.